The van der Waals surface area contributed by atoms with Crippen LogP contribution in [0, 0.1) is 12.8 Å². The van der Waals surface area contributed by atoms with Gasteiger partial charge in [-0.3, -0.25) is 9.78 Å². The zero-order valence-electron chi connectivity index (χ0n) is 18.0. The highest BCUT2D eigenvalue weighted by Gasteiger charge is 2.42. The van der Waals surface area contributed by atoms with Gasteiger partial charge < -0.3 is 9.80 Å². The van der Waals surface area contributed by atoms with Crippen molar-refractivity contribution in [2.24, 2.45) is 5.92 Å². The Morgan fingerprint density at radius 3 is 2.47 bits per heavy atom. The molecule has 7 nitrogen and oxygen atoms in total. The predicted octanol–water partition coefficient (Wildman–Crippen LogP) is 2.51. The minimum absolute atomic E-state index is 0.0583. The monoisotopic (exact) mass is 450 g/mol. The standard InChI is InChI=1S/C24H26N4O3S/c1-18-5-2-3-7-22(18)26-11-13-27(14-12-26)24(29)20-16-28(17-20)32(30,31)23-8-4-6-19-15-25-10-9-21(19)23/h2-10,15,20H,11-14,16-17H2,1H3. The van der Waals surface area contributed by atoms with E-state index >= 15 is 0 Å². The van der Waals surface area contributed by atoms with Gasteiger partial charge in [-0.15, -0.1) is 0 Å². The van der Waals surface area contributed by atoms with Crippen molar-refractivity contribution in [2.45, 2.75) is 11.8 Å². The molecule has 5 rings (SSSR count). The van der Waals surface area contributed by atoms with Crippen molar-refractivity contribution in [3.63, 3.8) is 0 Å². The average molecular weight is 451 g/mol. The van der Waals surface area contributed by atoms with Gasteiger partial charge in [-0.25, -0.2) is 8.42 Å². The van der Waals surface area contributed by atoms with E-state index in [1.807, 2.05) is 23.1 Å². The van der Waals surface area contributed by atoms with E-state index in [4.69, 9.17) is 0 Å². The topological polar surface area (TPSA) is 73.8 Å². The van der Waals surface area contributed by atoms with E-state index in [9.17, 15) is 13.2 Å². The maximum absolute atomic E-state index is 13.2. The van der Waals surface area contributed by atoms with Gasteiger partial charge in [0.2, 0.25) is 15.9 Å². The van der Waals surface area contributed by atoms with Crippen LogP contribution in [0.5, 0.6) is 0 Å². The summed E-state index contributed by atoms with van der Waals surface area (Å²) >= 11 is 0. The zero-order valence-corrected chi connectivity index (χ0v) is 18.8. The van der Waals surface area contributed by atoms with Gasteiger partial charge in [-0.05, 0) is 30.7 Å². The van der Waals surface area contributed by atoms with Crippen LogP contribution < -0.4 is 4.90 Å². The summed E-state index contributed by atoms with van der Waals surface area (Å²) in [6, 6.07) is 15.2. The molecular formula is C24H26N4O3S. The van der Waals surface area contributed by atoms with E-state index < -0.39 is 10.0 Å². The molecule has 32 heavy (non-hydrogen) atoms. The fourth-order valence-electron chi connectivity index (χ4n) is 4.59. The van der Waals surface area contributed by atoms with E-state index in [0.717, 1.165) is 18.5 Å². The maximum Gasteiger partial charge on any atom is 0.243 e. The van der Waals surface area contributed by atoms with Gasteiger partial charge in [0.15, 0.2) is 0 Å². The number of anilines is 1. The van der Waals surface area contributed by atoms with E-state index in [1.54, 1.807) is 30.6 Å². The van der Waals surface area contributed by atoms with Gasteiger partial charge in [0.05, 0.1) is 10.8 Å². The van der Waals surface area contributed by atoms with E-state index in [0.29, 0.717) is 18.5 Å². The Bertz CT molecular complexity index is 1260. The zero-order chi connectivity index (χ0) is 22.3. The molecule has 0 N–H and O–H groups in total. The van der Waals surface area contributed by atoms with Crippen LogP contribution in [0.2, 0.25) is 0 Å². The third kappa shape index (κ3) is 3.63. The number of rotatable bonds is 4. The predicted molar refractivity (Wildman–Crippen MR) is 124 cm³/mol. The van der Waals surface area contributed by atoms with Crippen molar-refractivity contribution in [1.82, 2.24) is 14.2 Å². The molecule has 0 bridgehead atoms. The normalized spacial score (nSPS) is 18.0. The summed E-state index contributed by atoms with van der Waals surface area (Å²) < 4.78 is 27.8. The molecule has 2 fully saturated rings. The summed E-state index contributed by atoms with van der Waals surface area (Å²) in [4.78, 5) is 21.5. The quantitative estimate of drug-likeness (QED) is 0.611. The molecule has 2 aliphatic heterocycles. The smallest absolute Gasteiger partial charge is 0.243 e. The number of aromatic nitrogens is 1. The molecule has 0 aliphatic carbocycles. The first kappa shape index (κ1) is 20.9. The molecule has 0 saturated carbocycles. The molecule has 0 radical (unpaired) electrons. The summed E-state index contributed by atoms with van der Waals surface area (Å²) in [6.07, 6.45) is 3.26. The van der Waals surface area contributed by atoms with E-state index in [-0.39, 0.29) is 29.8 Å². The fourth-order valence-corrected chi connectivity index (χ4v) is 6.34. The molecule has 0 unspecified atom stereocenters. The number of carbonyl (C=O) groups is 1. The third-order valence-corrected chi connectivity index (χ3v) is 8.39. The van der Waals surface area contributed by atoms with E-state index in [1.165, 1.54) is 15.6 Å². The SMILES string of the molecule is Cc1ccccc1N1CCN(C(=O)C2CN(S(=O)(=O)c3cccc4cnccc34)C2)CC1. The average Bonchev–Trinajstić information content (AvgIpc) is 2.78. The van der Waals surface area contributed by atoms with Gasteiger partial charge in [-0.2, -0.15) is 4.31 Å². The Hall–Kier alpha value is -2.97. The van der Waals surface area contributed by atoms with Gasteiger partial charge in [-0.1, -0.05) is 30.3 Å². The number of hydrogen-bond donors (Lipinski definition) is 0. The summed E-state index contributed by atoms with van der Waals surface area (Å²) in [6.45, 7) is 5.47. The lowest BCUT2D eigenvalue weighted by atomic mass is 10.0. The number of sulfonamides is 1. The Balaban J connectivity index is 1.22. The Morgan fingerprint density at radius 2 is 1.72 bits per heavy atom. The van der Waals surface area contributed by atoms with Crippen molar-refractivity contribution < 1.29 is 13.2 Å². The summed E-state index contributed by atoms with van der Waals surface area (Å²) in [5.41, 5.74) is 2.45. The highest BCUT2D eigenvalue weighted by molar-refractivity contribution is 7.89. The van der Waals surface area contributed by atoms with Gasteiger partial charge in [0.25, 0.3) is 0 Å². The van der Waals surface area contributed by atoms with Crippen LogP contribution in [0.25, 0.3) is 10.8 Å². The van der Waals surface area contributed by atoms with Crippen LogP contribution in [0.1, 0.15) is 5.56 Å². The molecule has 2 saturated heterocycles. The highest BCUT2D eigenvalue weighted by Crippen LogP contribution is 2.31. The van der Waals surface area contributed by atoms with Crippen molar-refractivity contribution in [3.05, 3.63) is 66.5 Å². The number of para-hydroxylation sites is 1. The minimum Gasteiger partial charge on any atom is -0.368 e. The van der Waals surface area contributed by atoms with Crippen LogP contribution in [-0.2, 0) is 14.8 Å². The van der Waals surface area contributed by atoms with Gasteiger partial charge in [0.1, 0.15) is 0 Å². The molecule has 3 aromatic rings. The van der Waals surface area contributed by atoms with Crippen molar-refractivity contribution in [2.75, 3.05) is 44.2 Å². The van der Waals surface area contributed by atoms with E-state index in [2.05, 4.69) is 28.9 Å². The molecule has 1 amide bonds. The summed E-state index contributed by atoms with van der Waals surface area (Å²) in [7, 11) is -3.65. The highest BCUT2D eigenvalue weighted by atomic mass is 32.2. The minimum atomic E-state index is -3.65. The van der Waals surface area contributed by atoms with Crippen molar-refractivity contribution >= 4 is 32.4 Å². The molecule has 1 aromatic heterocycles. The van der Waals surface area contributed by atoms with Crippen molar-refractivity contribution in [1.29, 1.82) is 0 Å². The lowest BCUT2D eigenvalue weighted by Gasteiger charge is -2.42. The Kier molecular flexibility index (Phi) is 5.35. The molecule has 2 aliphatic rings. The maximum atomic E-state index is 13.2. The lowest BCUT2D eigenvalue weighted by molar-refractivity contribution is -0.139. The first-order valence-corrected chi connectivity index (χ1v) is 12.3. The molecule has 8 heteroatoms. The molecule has 166 valence electrons. The molecule has 0 atom stereocenters. The molecular weight excluding hydrogens is 424 g/mol. The number of carbonyl (C=O) groups excluding carboxylic acids is 1. The second kappa shape index (κ2) is 8.18. The second-order valence-corrected chi connectivity index (χ2v) is 10.4. The summed E-state index contributed by atoms with van der Waals surface area (Å²) in [5, 5.41) is 1.44. The summed E-state index contributed by atoms with van der Waals surface area (Å²) in [5.74, 6) is -0.213. The number of benzene rings is 2. The third-order valence-electron chi connectivity index (χ3n) is 6.50. The molecule has 2 aromatic carbocycles. The first-order valence-electron chi connectivity index (χ1n) is 10.9. The van der Waals surface area contributed by atoms with Crippen LogP contribution in [0.4, 0.5) is 5.69 Å². The van der Waals surface area contributed by atoms with Crippen LogP contribution in [0.3, 0.4) is 0 Å². The number of hydrogen-bond acceptors (Lipinski definition) is 5. The fraction of sp³-hybridized carbons (Fsp3) is 0.333. The Morgan fingerprint density at radius 1 is 0.969 bits per heavy atom. The van der Waals surface area contributed by atoms with Crippen LogP contribution in [-0.4, -0.2) is 67.8 Å². The number of fused-ring (bicyclic) bond motifs is 1. The first-order chi connectivity index (χ1) is 15.4. The van der Waals surface area contributed by atoms with Gasteiger partial charge >= 0.3 is 0 Å². The van der Waals surface area contributed by atoms with Crippen LogP contribution >= 0.6 is 0 Å². The van der Waals surface area contributed by atoms with Crippen LogP contribution in [0.15, 0.2) is 65.8 Å². The lowest BCUT2D eigenvalue weighted by Crippen LogP contribution is -2.59. The molecule has 3 heterocycles. The number of piperazine rings is 1. The number of aryl methyl sites for hydroxylation is 1. The second-order valence-electron chi connectivity index (χ2n) is 8.47. The molecule has 0 spiro atoms. The number of amides is 1. The number of nitrogens with zero attached hydrogens (tertiary/aromatic N) is 4. The van der Waals surface area contributed by atoms with Crippen molar-refractivity contribution in [3.8, 4) is 0 Å². The van der Waals surface area contributed by atoms with Gasteiger partial charge in [0, 0.05) is 68.1 Å². The number of pyridine rings is 1. The largest absolute Gasteiger partial charge is 0.368 e. The Labute approximate surface area is 188 Å².